The second-order valence-electron chi connectivity index (χ2n) is 16.4. The standard InChI is InChI=1S/C41H38ClF6N9O5S/c1-18-15-55(16-19(2)62-18)23-5-6-24-28(13-23)50-39(57(40(24)59)30-8-7-27(42)33-35(30)54(3)52-38(33)53-63(4,60)61)29(11-20-9-21(43)12-22(44)10-20)49-31(58)17-56-36-32(34(51-56)37(45)46)25-14-26(25)41(36,47)48/h5-10,12-13,18-19,25-26,29,37H,11,14-17H2,1-4H3,(H,49,58)(H,52,53)/t18-,19+,25-,26+,29?/m0/s1. The maximum atomic E-state index is 15.6. The van der Waals surface area contributed by atoms with E-state index in [1.165, 1.54) is 23.9 Å². The lowest BCUT2D eigenvalue weighted by molar-refractivity contribution is -0.123. The summed E-state index contributed by atoms with van der Waals surface area (Å²) in [5.41, 5.74) is -1.65. The Hall–Kier alpha value is -5.67. The van der Waals surface area contributed by atoms with Crippen LogP contribution >= 0.6 is 11.6 Å². The summed E-state index contributed by atoms with van der Waals surface area (Å²) in [4.78, 5) is 36.2. The molecule has 14 nitrogen and oxygen atoms in total. The van der Waals surface area contributed by atoms with E-state index in [1.807, 2.05) is 18.7 Å². The number of rotatable bonds is 11. The van der Waals surface area contributed by atoms with Gasteiger partial charge in [-0.15, -0.1) is 0 Å². The number of morpholine rings is 1. The van der Waals surface area contributed by atoms with Crippen LogP contribution in [0.15, 0.2) is 53.3 Å². The normalized spacial score (nSPS) is 20.9. The number of ether oxygens (including phenoxy) is 1. The van der Waals surface area contributed by atoms with Gasteiger partial charge in [-0.2, -0.15) is 19.0 Å². The van der Waals surface area contributed by atoms with E-state index in [1.54, 1.807) is 18.2 Å². The lowest BCUT2D eigenvalue weighted by Crippen LogP contribution is -2.45. The van der Waals surface area contributed by atoms with E-state index in [4.69, 9.17) is 21.3 Å². The Labute approximate surface area is 359 Å². The molecule has 3 aromatic carbocycles. The average Bonchev–Trinajstić information content (AvgIpc) is 3.72. The maximum absolute atomic E-state index is 15.6. The Morgan fingerprint density at radius 2 is 1.73 bits per heavy atom. The summed E-state index contributed by atoms with van der Waals surface area (Å²) in [6, 6.07) is 8.92. The molecule has 3 aromatic heterocycles. The number of nitrogens with one attached hydrogen (secondary N) is 2. The van der Waals surface area contributed by atoms with Crippen molar-refractivity contribution < 1.29 is 44.3 Å². The molecule has 1 aliphatic heterocycles. The lowest BCUT2D eigenvalue weighted by Gasteiger charge is -2.37. The van der Waals surface area contributed by atoms with Crippen molar-refractivity contribution in [2.24, 2.45) is 13.0 Å². The van der Waals surface area contributed by atoms with Crippen LogP contribution in [0.4, 0.5) is 37.8 Å². The van der Waals surface area contributed by atoms with Crippen LogP contribution in [0.3, 0.4) is 0 Å². The first-order chi connectivity index (χ1) is 29.7. The number of hydrogen-bond donors (Lipinski definition) is 2. The van der Waals surface area contributed by atoms with Gasteiger partial charge < -0.3 is 15.0 Å². The molecule has 6 aromatic rings. The molecule has 1 unspecified atom stereocenters. The van der Waals surface area contributed by atoms with E-state index in [9.17, 15) is 30.8 Å². The number of alkyl halides is 4. The highest BCUT2D eigenvalue weighted by molar-refractivity contribution is 7.92. The third-order valence-electron chi connectivity index (χ3n) is 11.6. The number of sulfonamides is 1. The SMILES string of the molecule is C[C@@H]1CN(c2ccc3c(=O)n(-c4ccc(Cl)c5c(NS(C)(=O)=O)nn(C)c45)c(C(Cc4cc(F)cc(F)c4)NC(=O)Cn4nc(C(F)F)c5c4C(F)(F)[C@@H]4C[C@H]54)nc3c2)C[C@H](C)O1. The topological polar surface area (TPSA) is 158 Å². The first-order valence-electron chi connectivity index (χ1n) is 19.8. The van der Waals surface area contributed by atoms with E-state index in [-0.39, 0.29) is 73.9 Å². The van der Waals surface area contributed by atoms with Crippen LogP contribution in [0.25, 0.3) is 27.5 Å². The number of hydrogen-bond acceptors (Lipinski definition) is 9. The van der Waals surface area contributed by atoms with Crippen LogP contribution in [0, 0.1) is 17.6 Å². The molecule has 2 N–H and O–H groups in total. The predicted molar refractivity (Wildman–Crippen MR) is 220 cm³/mol. The summed E-state index contributed by atoms with van der Waals surface area (Å²) in [5.74, 6) is -8.93. The van der Waals surface area contributed by atoms with Crippen molar-refractivity contribution in [2.75, 3.05) is 29.0 Å². The number of aryl methyl sites for hydroxylation is 1. The number of halogens is 7. The van der Waals surface area contributed by atoms with E-state index >= 15 is 13.6 Å². The zero-order valence-corrected chi connectivity index (χ0v) is 35.4. The third kappa shape index (κ3) is 7.66. The monoisotopic (exact) mass is 917 g/mol. The smallest absolute Gasteiger partial charge is 0.293 e. The fourth-order valence-electron chi connectivity index (χ4n) is 9.15. The highest BCUT2D eigenvalue weighted by Crippen LogP contribution is 2.68. The minimum absolute atomic E-state index is 0.000779. The van der Waals surface area contributed by atoms with Crippen molar-refractivity contribution in [2.45, 2.75) is 69.7 Å². The molecular formula is C41H38ClF6N9O5S. The minimum Gasteiger partial charge on any atom is -0.372 e. The predicted octanol–water partition coefficient (Wildman–Crippen LogP) is 6.63. The molecule has 3 aliphatic rings. The van der Waals surface area contributed by atoms with Gasteiger partial charge in [0.05, 0.1) is 57.0 Å². The summed E-state index contributed by atoms with van der Waals surface area (Å²) < 4.78 is 125. The molecular weight excluding hydrogens is 880 g/mol. The van der Waals surface area contributed by atoms with Gasteiger partial charge in [0.2, 0.25) is 15.9 Å². The fourth-order valence-corrected chi connectivity index (χ4v) is 9.89. The molecule has 332 valence electrons. The van der Waals surface area contributed by atoms with Crippen molar-refractivity contribution in [1.29, 1.82) is 0 Å². The van der Waals surface area contributed by atoms with Crippen LogP contribution in [-0.2, 0) is 45.5 Å². The van der Waals surface area contributed by atoms with Crippen LogP contribution in [0.2, 0.25) is 5.02 Å². The van der Waals surface area contributed by atoms with Gasteiger partial charge in [0, 0.05) is 49.8 Å². The van der Waals surface area contributed by atoms with Gasteiger partial charge in [-0.1, -0.05) is 11.6 Å². The Kier molecular flexibility index (Phi) is 10.3. The van der Waals surface area contributed by atoms with Crippen LogP contribution in [0.5, 0.6) is 0 Å². The number of amides is 1. The van der Waals surface area contributed by atoms with Crippen molar-refractivity contribution in [3.8, 4) is 5.69 Å². The average molecular weight is 918 g/mol. The van der Waals surface area contributed by atoms with Crippen LogP contribution < -0.4 is 20.5 Å². The van der Waals surface area contributed by atoms with E-state index in [2.05, 4.69) is 20.2 Å². The van der Waals surface area contributed by atoms with Gasteiger partial charge in [0.1, 0.15) is 35.4 Å². The van der Waals surface area contributed by atoms with E-state index in [0.717, 1.165) is 23.0 Å². The van der Waals surface area contributed by atoms with E-state index < -0.39 is 87.7 Å². The Morgan fingerprint density at radius 1 is 1.03 bits per heavy atom. The number of anilines is 2. The molecule has 1 saturated carbocycles. The Bertz CT molecular complexity index is 3020. The van der Waals surface area contributed by atoms with Gasteiger partial charge in [-0.05, 0) is 74.2 Å². The van der Waals surface area contributed by atoms with Crippen molar-refractivity contribution in [3.05, 3.63) is 104 Å². The summed E-state index contributed by atoms with van der Waals surface area (Å²) in [7, 11) is -2.44. The summed E-state index contributed by atoms with van der Waals surface area (Å²) in [5, 5.41) is 11.0. The first kappa shape index (κ1) is 42.6. The van der Waals surface area contributed by atoms with Gasteiger partial charge in [-0.3, -0.25) is 28.2 Å². The number of nitrogens with zero attached hydrogens (tertiary/aromatic N) is 7. The van der Waals surface area contributed by atoms with Crippen molar-refractivity contribution in [3.63, 3.8) is 0 Å². The number of carbonyl (C=O) groups is 1. The zero-order valence-electron chi connectivity index (χ0n) is 33.8. The second kappa shape index (κ2) is 15.3. The lowest BCUT2D eigenvalue weighted by atomic mass is 10.0. The minimum atomic E-state index is -3.91. The second-order valence-corrected chi connectivity index (χ2v) is 18.5. The van der Waals surface area contributed by atoms with E-state index in [0.29, 0.717) is 29.5 Å². The quantitative estimate of drug-likeness (QED) is 0.136. The largest absolute Gasteiger partial charge is 0.372 e. The molecule has 1 saturated heterocycles. The number of benzene rings is 3. The highest BCUT2D eigenvalue weighted by atomic mass is 35.5. The van der Waals surface area contributed by atoms with Crippen LogP contribution in [-0.4, -0.2) is 75.0 Å². The van der Waals surface area contributed by atoms with Gasteiger partial charge in [0.25, 0.3) is 17.9 Å². The molecule has 0 bridgehead atoms. The molecule has 63 heavy (non-hydrogen) atoms. The summed E-state index contributed by atoms with van der Waals surface area (Å²) >= 11 is 6.65. The molecule has 5 atom stereocenters. The fraction of sp³-hybridized carbons (Fsp3) is 0.390. The van der Waals surface area contributed by atoms with Gasteiger partial charge in [-0.25, -0.2) is 31.0 Å². The molecule has 4 heterocycles. The first-order valence-corrected chi connectivity index (χ1v) is 22.1. The molecule has 22 heteroatoms. The van der Waals surface area contributed by atoms with Gasteiger partial charge in [0.15, 0.2) is 5.82 Å². The number of aromatic nitrogens is 6. The number of fused-ring (bicyclic) bond motifs is 5. The molecule has 2 fully saturated rings. The molecule has 0 spiro atoms. The Morgan fingerprint density at radius 3 is 2.40 bits per heavy atom. The third-order valence-corrected chi connectivity index (χ3v) is 12.5. The zero-order chi connectivity index (χ0) is 45.0. The van der Waals surface area contributed by atoms with Gasteiger partial charge >= 0.3 is 0 Å². The molecule has 2 aliphatic carbocycles. The molecule has 0 radical (unpaired) electrons. The number of carbonyl (C=O) groups excluding carboxylic acids is 1. The summed E-state index contributed by atoms with van der Waals surface area (Å²) in [6.45, 7) is 3.86. The van der Waals surface area contributed by atoms with Crippen LogP contribution in [0.1, 0.15) is 67.0 Å². The summed E-state index contributed by atoms with van der Waals surface area (Å²) in [6.07, 6.45) is -3.01. The van der Waals surface area contributed by atoms with Crippen molar-refractivity contribution >= 4 is 60.8 Å². The van der Waals surface area contributed by atoms with Crippen molar-refractivity contribution in [1.82, 2.24) is 34.4 Å². The molecule has 1 amide bonds. The highest BCUT2D eigenvalue weighted by Gasteiger charge is 2.67. The maximum Gasteiger partial charge on any atom is 0.293 e. The molecule has 9 rings (SSSR count). The Balaban J connectivity index is 1.24.